The van der Waals surface area contributed by atoms with E-state index in [-0.39, 0.29) is 12.0 Å². The first kappa shape index (κ1) is 24.5. The van der Waals surface area contributed by atoms with Crippen LogP contribution in [0, 0.1) is 6.92 Å². The van der Waals surface area contributed by atoms with Gasteiger partial charge in [-0.3, -0.25) is 14.6 Å². The number of morpholine rings is 1. The molecule has 0 bridgehead atoms. The van der Waals surface area contributed by atoms with Gasteiger partial charge in [0.25, 0.3) is 0 Å². The SMILES string of the molecule is CCCC(C(=O)OCC)N(CCN1CCOCC1)Cc1cccn1Cc1cccc(C)c1. The van der Waals surface area contributed by atoms with E-state index in [0.717, 1.165) is 65.3 Å². The van der Waals surface area contributed by atoms with Crippen molar-refractivity contribution in [1.29, 1.82) is 0 Å². The minimum absolute atomic E-state index is 0.104. The standard InChI is InChI=1S/C26H39N3O3/c1-4-8-25(26(30)32-5-2)29(14-13-27-15-17-31-18-16-27)21-24-11-7-12-28(24)20-23-10-6-9-22(3)19-23/h6-7,9-12,19,25H,4-5,8,13-18,20-21H2,1-3H3. The topological polar surface area (TPSA) is 46.9 Å². The van der Waals surface area contributed by atoms with Gasteiger partial charge >= 0.3 is 5.97 Å². The van der Waals surface area contributed by atoms with Gasteiger partial charge in [-0.05, 0) is 38.0 Å². The normalized spacial score (nSPS) is 15.8. The molecule has 1 unspecified atom stereocenters. The van der Waals surface area contributed by atoms with Gasteiger partial charge in [-0.1, -0.05) is 43.2 Å². The molecule has 1 aromatic carbocycles. The maximum absolute atomic E-state index is 12.9. The number of aryl methyl sites for hydroxylation is 1. The van der Waals surface area contributed by atoms with Crippen molar-refractivity contribution >= 4 is 5.97 Å². The largest absolute Gasteiger partial charge is 0.465 e. The van der Waals surface area contributed by atoms with Crippen molar-refractivity contribution in [2.75, 3.05) is 46.0 Å². The van der Waals surface area contributed by atoms with Gasteiger partial charge in [-0.15, -0.1) is 0 Å². The van der Waals surface area contributed by atoms with Crippen LogP contribution in [0.1, 0.15) is 43.5 Å². The molecule has 1 aliphatic heterocycles. The summed E-state index contributed by atoms with van der Waals surface area (Å²) in [5.41, 5.74) is 3.78. The second-order valence-electron chi connectivity index (χ2n) is 8.60. The molecule has 0 spiro atoms. The molecular formula is C26H39N3O3. The molecule has 6 nitrogen and oxygen atoms in total. The molecule has 2 heterocycles. The molecule has 3 rings (SSSR count). The van der Waals surface area contributed by atoms with E-state index in [4.69, 9.17) is 9.47 Å². The zero-order chi connectivity index (χ0) is 22.8. The number of nitrogens with zero attached hydrogens (tertiary/aromatic N) is 3. The van der Waals surface area contributed by atoms with E-state index in [1.807, 2.05) is 6.92 Å². The van der Waals surface area contributed by atoms with Crippen molar-refractivity contribution < 1.29 is 14.3 Å². The summed E-state index contributed by atoms with van der Waals surface area (Å²) in [7, 11) is 0. The van der Waals surface area contributed by atoms with Gasteiger partial charge in [0.1, 0.15) is 6.04 Å². The van der Waals surface area contributed by atoms with E-state index >= 15 is 0 Å². The van der Waals surface area contributed by atoms with Gasteiger partial charge in [0, 0.05) is 51.2 Å². The second-order valence-corrected chi connectivity index (χ2v) is 8.60. The van der Waals surface area contributed by atoms with Gasteiger partial charge in [0.2, 0.25) is 0 Å². The lowest BCUT2D eigenvalue weighted by Crippen LogP contribution is -2.47. The molecule has 0 N–H and O–H groups in total. The zero-order valence-electron chi connectivity index (χ0n) is 20.0. The van der Waals surface area contributed by atoms with E-state index < -0.39 is 0 Å². The third-order valence-electron chi connectivity index (χ3n) is 6.09. The Hall–Kier alpha value is -2.15. The van der Waals surface area contributed by atoms with Crippen LogP contribution in [-0.2, 0) is 27.4 Å². The molecule has 6 heteroatoms. The zero-order valence-corrected chi connectivity index (χ0v) is 20.0. The summed E-state index contributed by atoms with van der Waals surface area (Å²) < 4.78 is 13.3. The molecule has 1 saturated heterocycles. The van der Waals surface area contributed by atoms with E-state index in [1.165, 1.54) is 16.8 Å². The van der Waals surface area contributed by atoms with E-state index in [0.29, 0.717) is 6.61 Å². The van der Waals surface area contributed by atoms with Gasteiger partial charge < -0.3 is 14.0 Å². The van der Waals surface area contributed by atoms with Gasteiger partial charge in [-0.2, -0.15) is 0 Å². The summed E-state index contributed by atoms with van der Waals surface area (Å²) in [5, 5.41) is 0. The molecule has 176 valence electrons. The third-order valence-corrected chi connectivity index (χ3v) is 6.09. The number of hydrogen-bond donors (Lipinski definition) is 0. The third kappa shape index (κ3) is 7.19. The fraction of sp³-hybridized carbons (Fsp3) is 0.577. The summed E-state index contributed by atoms with van der Waals surface area (Å²) in [6.45, 7) is 13.4. The number of carbonyl (C=O) groups excluding carboxylic acids is 1. The predicted octanol–water partition coefficient (Wildman–Crippen LogP) is 3.71. The average molecular weight is 442 g/mol. The van der Waals surface area contributed by atoms with Crippen molar-refractivity contribution in [3.63, 3.8) is 0 Å². The first-order chi connectivity index (χ1) is 15.6. The van der Waals surface area contributed by atoms with Crippen molar-refractivity contribution in [3.05, 3.63) is 59.4 Å². The minimum atomic E-state index is -0.219. The average Bonchev–Trinajstić information content (AvgIpc) is 3.22. The van der Waals surface area contributed by atoms with Crippen LogP contribution in [0.5, 0.6) is 0 Å². The summed E-state index contributed by atoms with van der Waals surface area (Å²) >= 11 is 0. The summed E-state index contributed by atoms with van der Waals surface area (Å²) in [6, 6.07) is 12.7. The molecule has 1 fully saturated rings. The lowest BCUT2D eigenvalue weighted by Gasteiger charge is -2.34. The van der Waals surface area contributed by atoms with E-state index in [1.54, 1.807) is 0 Å². The van der Waals surface area contributed by atoms with Crippen LogP contribution >= 0.6 is 0 Å². The number of aromatic nitrogens is 1. The summed E-state index contributed by atoms with van der Waals surface area (Å²) in [6.07, 6.45) is 3.89. The van der Waals surface area contributed by atoms with Crippen LogP contribution in [0.4, 0.5) is 0 Å². The Bertz CT molecular complexity index is 829. The first-order valence-corrected chi connectivity index (χ1v) is 12.0. The Labute approximate surface area is 193 Å². The van der Waals surface area contributed by atoms with Crippen molar-refractivity contribution in [2.45, 2.75) is 52.7 Å². The van der Waals surface area contributed by atoms with E-state index in [2.05, 4.69) is 70.8 Å². The number of ether oxygens (including phenoxy) is 2. The number of rotatable bonds is 12. The minimum Gasteiger partial charge on any atom is -0.465 e. The lowest BCUT2D eigenvalue weighted by molar-refractivity contribution is -0.150. The van der Waals surface area contributed by atoms with Gasteiger partial charge in [0.15, 0.2) is 0 Å². The molecule has 0 amide bonds. The van der Waals surface area contributed by atoms with Gasteiger partial charge in [0.05, 0.1) is 19.8 Å². The molecule has 0 saturated carbocycles. The Kier molecular flexibility index (Phi) is 9.78. The Morgan fingerprint density at radius 1 is 1.19 bits per heavy atom. The maximum Gasteiger partial charge on any atom is 0.323 e. The van der Waals surface area contributed by atoms with Crippen molar-refractivity contribution in [1.82, 2.24) is 14.4 Å². The number of benzene rings is 1. The molecule has 0 aliphatic carbocycles. The predicted molar refractivity (Wildman–Crippen MR) is 128 cm³/mol. The van der Waals surface area contributed by atoms with Gasteiger partial charge in [-0.25, -0.2) is 0 Å². The molecule has 1 atom stereocenters. The highest BCUT2D eigenvalue weighted by molar-refractivity contribution is 5.75. The highest BCUT2D eigenvalue weighted by Crippen LogP contribution is 2.17. The lowest BCUT2D eigenvalue weighted by atomic mass is 10.1. The molecule has 1 aliphatic rings. The van der Waals surface area contributed by atoms with Crippen LogP contribution in [-0.4, -0.2) is 72.4 Å². The number of hydrogen-bond acceptors (Lipinski definition) is 5. The quantitative estimate of drug-likeness (QED) is 0.470. The number of esters is 1. The van der Waals surface area contributed by atoms with Crippen LogP contribution in [0.2, 0.25) is 0 Å². The molecule has 1 aromatic heterocycles. The fourth-order valence-electron chi connectivity index (χ4n) is 4.36. The first-order valence-electron chi connectivity index (χ1n) is 12.0. The number of carbonyl (C=O) groups is 1. The fourth-order valence-corrected chi connectivity index (χ4v) is 4.36. The Morgan fingerprint density at radius 2 is 2.00 bits per heavy atom. The summed E-state index contributed by atoms with van der Waals surface area (Å²) in [4.78, 5) is 17.6. The van der Waals surface area contributed by atoms with E-state index in [9.17, 15) is 4.79 Å². The molecule has 32 heavy (non-hydrogen) atoms. The Morgan fingerprint density at radius 3 is 2.72 bits per heavy atom. The highest BCUT2D eigenvalue weighted by atomic mass is 16.5. The Balaban J connectivity index is 1.76. The van der Waals surface area contributed by atoms with Crippen LogP contribution in [0.3, 0.4) is 0 Å². The van der Waals surface area contributed by atoms with Crippen LogP contribution < -0.4 is 0 Å². The molecule has 2 aromatic rings. The van der Waals surface area contributed by atoms with Crippen LogP contribution in [0.25, 0.3) is 0 Å². The van der Waals surface area contributed by atoms with Crippen LogP contribution in [0.15, 0.2) is 42.6 Å². The molecule has 0 radical (unpaired) electrons. The highest BCUT2D eigenvalue weighted by Gasteiger charge is 2.28. The summed E-state index contributed by atoms with van der Waals surface area (Å²) in [5.74, 6) is -0.104. The monoisotopic (exact) mass is 441 g/mol. The van der Waals surface area contributed by atoms with Crippen molar-refractivity contribution in [2.24, 2.45) is 0 Å². The smallest absolute Gasteiger partial charge is 0.323 e. The van der Waals surface area contributed by atoms with Crippen molar-refractivity contribution in [3.8, 4) is 0 Å². The second kappa shape index (κ2) is 12.8. The maximum atomic E-state index is 12.9. The molecular weight excluding hydrogens is 402 g/mol.